The van der Waals surface area contributed by atoms with Gasteiger partial charge in [0, 0.05) is 18.3 Å². The van der Waals surface area contributed by atoms with Crippen molar-refractivity contribution in [3.8, 4) is 11.4 Å². The first-order valence-electron chi connectivity index (χ1n) is 11.2. The second-order valence-electron chi connectivity index (χ2n) is 8.38. The zero-order chi connectivity index (χ0) is 23.5. The average Bonchev–Trinajstić information content (AvgIpc) is 3.27. The number of halogens is 1. The molecule has 1 aromatic heterocycles. The fourth-order valence-corrected chi connectivity index (χ4v) is 4.57. The van der Waals surface area contributed by atoms with Crippen LogP contribution in [0.5, 0.6) is 5.75 Å². The summed E-state index contributed by atoms with van der Waals surface area (Å²) < 4.78 is 20.8. The van der Waals surface area contributed by atoms with E-state index in [2.05, 4.69) is 4.98 Å². The zero-order valence-corrected chi connectivity index (χ0v) is 19.1. The molecule has 0 saturated carbocycles. The van der Waals surface area contributed by atoms with E-state index in [0.29, 0.717) is 30.7 Å². The van der Waals surface area contributed by atoms with Crippen LogP contribution in [0.2, 0.25) is 0 Å². The number of ketones is 1. The quantitative estimate of drug-likeness (QED) is 0.380. The Morgan fingerprint density at radius 3 is 2.64 bits per heavy atom. The van der Waals surface area contributed by atoms with Gasteiger partial charge in [0.15, 0.2) is 5.78 Å². The molecule has 1 aliphatic heterocycles. The standard InChI is InChI=1S/C26H28FN3O3/c1-4-22(18-7-10-20(27)11-8-18)30-13-5-6-21(26(30)32)25(31)19-9-12-23(24(14-19)33-3)29-15-17(2)28-16-29/h7-12,14-16,21-22H,4-6,13H2,1-3H3. The van der Waals surface area contributed by atoms with E-state index in [-0.39, 0.29) is 23.5 Å². The number of ether oxygens (including phenoxy) is 1. The third-order valence-corrected chi connectivity index (χ3v) is 6.26. The molecule has 0 N–H and O–H groups in total. The van der Waals surface area contributed by atoms with Crippen molar-refractivity contribution in [1.29, 1.82) is 0 Å². The number of carbonyl (C=O) groups is 2. The van der Waals surface area contributed by atoms with E-state index < -0.39 is 5.92 Å². The number of aryl methyl sites for hydroxylation is 1. The van der Waals surface area contributed by atoms with Gasteiger partial charge in [0.2, 0.25) is 5.91 Å². The Hall–Kier alpha value is -3.48. The number of rotatable bonds is 7. The number of Topliss-reactive ketones (excluding diaryl/α,β-unsaturated/α-hetero) is 1. The van der Waals surface area contributed by atoms with Crippen molar-refractivity contribution in [3.05, 3.63) is 77.6 Å². The molecule has 0 radical (unpaired) electrons. The van der Waals surface area contributed by atoms with Gasteiger partial charge in [-0.15, -0.1) is 0 Å². The molecule has 0 bridgehead atoms. The van der Waals surface area contributed by atoms with Crippen LogP contribution in [0.4, 0.5) is 4.39 Å². The molecule has 2 aromatic carbocycles. The molecule has 1 aliphatic rings. The predicted molar refractivity (Wildman–Crippen MR) is 123 cm³/mol. The Bertz CT molecular complexity index is 1160. The van der Waals surface area contributed by atoms with E-state index in [1.54, 1.807) is 42.6 Å². The van der Waals surface area contributed by atoms with Crippen LogP contribution in [0.3, 0.4) is 0 Å². The van der Waals surface area contributed by atoms with Gasteiger partial charge in [-0.05, 0) is 62.1 Å². The lowest BCUT2D eigenvalue weighted by molar-refractivity contribution is -0.139. The first-order chi connectivity index (χ1) is 15.9. The molecule has 1 amide bonds. The van der Waals surface area contributed by atoms with E-state index >= 15 is 0 Å². The Balaban J connectivity index is 1.59. The number of carbonyl (C=O) groups excluding carboxylic acids is 2. The third-order valence-electron chi connectivity index (χ3n) is 6.26. The number of hydrogen-bond donors (Lipinski definition) is 0. The highest BCUT2D eigenvalue weighted by atomic mass is 19.1. The molecule has 33 heavy (non-hydrogen) atoms. The summed E-state index contributed by atoms with van der Waals surface area (Å²) in [4.78, 5) is 32.8. The molecule has 172 valence electrons. The molecule has 0 aliphatic carbocycles. The highest BCUT2D eigenvalue weighted by molar-refractivity contribution is 6.10. The molecule has 4 rings (SSSR count). The van der Waals surface area contributed by atoms with Crippen molar-refractivity contribution < 1.29 is 18.7 Å². The topological polar surface area (TPSA) is 64.4 Å². The monoisotopic (exact) mass is 449 g/mol. The second kappa shape index (κ2) is 9.57. The molecular formula is C26H28FN3O3. The molecule has 1 fully saturated rings. The smallest absolute Gasteiger partial charge is 0.234 e. The number of hydrogen-bond acceptors (Lipinski definition) is 4. The van der Waals surface area contributed by atoms with Gasteiger partial charge in [-0.2, -0.15) is 0 Å². The summed E-state index contributed by atoms with van der Waals surface area (Å²) in [6.45, 7) is 4.48. The molecule has 3 aromatic rings. The number of likely N-dealkylation sites (tertiary alicyclic amines) is 1. The summed E-state index contributed by atoms with van der Waals surface area (Å²) in [5.74, 6) is -0.883. The Kier molecular flexibility index (Phi) is 6.58. The first-order valence-corrected chi connectivity index (χ1v) is 11.2. The zero-order valence-electron chi connectivity index (χ0n) is 19.1. The summed E-state index contributed by atoms with van der Waals surface area (Å²) in [6.07, 6.45) is 5.51. The van der Waals surface area contributed by atoms with E-state index in [1.807, 2.05) is 30.7 Å². The van der Waals surface area contributed by atoms with Crippen LogP contribution in [-0.2, 0) is 4.79 Å². The van der Waals surface area contributed by atoms with E-state index in [4.69, 9.17) is 4.74 Å². The Labute approximate surface area is 193 Å². The SMILES string of the molecule is CCC(c1ccc(F)cc1)N1CCCC(C(=O)c2ccc(-n3cnc(C)c3)c(OC)c2)C1=O. The summed E-state index contributed by atoms with van der Waals surface area (Å²) in [5, 5.41) is 0. The van der Waals surface area contributed by atoms with Gasteiger partial charge < -0.3 is 14.2 Å². The highest BCUT2D eigenvalue weighted by Crippen LogP contribution is 2.33. The van der Waals surface area contributed by atoms with Crippen molar-refractivity contribution >= 4 is 11.7 Å². The number of aromatic nitrogens is 2. The Morgan fingerprint density at radius 1 is 1.24 bits per heavy atom. The van der Waals surface area contributed by atoms with Gasteiger partial charge in [0.25, 0.3) is 0 Å². The van der Waals surface area contributed by atoms with Crippen LogP contribution in [-0.4, -0.2) is 39.8 Å². The lowest BCUT2D eigenvalue weighted by atomic mass is 9.87. The Morgan fingerprint density at radius 2 is 2.00 bits per heavy atom. The molecule has 2 atom stereocenters. The van der Waals surface area contributed by atoms with Crippen LogP contribution < -0.4 is 4.74 Å². The lowest BCUT2D eigenvalue weighted by Crippen LogP contribution is -2.45. The average molecular weight is 450 g/mol. The van der Waals surface area contributed by atoms with Crippen molar-refractivity contribution in [2.45, 2.75) is 39.2 Å². The minimum atomic E-state index is -0.737. The van der Waals surface area contributed by atoms with Gasteiger partial charge >= 0.3 is 0 Å². The van der Waals surface area contributed by atoms with Crippen molar-refractivity contribution in [1.82, 2.24) is 14.5 Å². The number of imidazole rings is 1. The molecule has 2 heterocycles. The normalized spacial score (nSPS) is 17.2. The summed E-state index contributed by atoms with van der Waals surface area (Å²) in [7, 11) is 1.55. The largest absolute Gasteiger partial charge is 0.495 e. The summed E-state index contributed by atoms with van der Waals surface area (Å²) in [6, 6.07) is 11.3. The number of methoxy groups -OCH3 is 1. The summed E-state index contributed by atoms with van der Waals surface area (Å²) >= 11 is 0. The van der Waals surface area contributed by atoms with Gasteiger partial charge in [-0.1, -0.05) is 19.1 Å². The van der Waals surface area contributed by atoms with Crippen molar-refractivity contribution in [2.24, 2.45) is 5.92 Å². The van der Waals surface area contributed by atoms with Crippen LogP contribution >= 0.6 is 0 Å². The maximum Gasteiger partial charge on any atom is 0.234 e. The summed E-state index contributed by atoms with van der Waals surface area (Å²) in [5.41, 5.74) is 2.97. The minimum Gasteiger partial charge on any atom is -0.495 e. The van der Waals surface area contributed by atoms with E-state index in [1.165, 1.54) is 12.1 Å². The minimum absolute atomic E-state index is 0.171. The van der Waals surface area contributed by atoms with E-state index in [0.717, 1.165) is 23.4 Å². The van der Waals surface area contributed by atoms with Crippen molar-refractivity contribution in [2.75, 3.05) is 13.7 Å². The van der Waals surface area contributed by atoms with Gasteiger partial charge in [0.1, 0.15) is 17.5 Å². The number of nitrogens with zero attached hydrogens (tertiary/aromatic N) is 3. The van der Waals surface area contributed by atoms with Crippen molar-refractivity contribution in [3.63, 3.8) is 0 Å². The number of amides is 1. The third kappa shape index (κ3) is 4.53. The molecule has 0 spiro atoms. The lowest BCUT2D eigenvalue weighted by Gasteiger charge is -2.37. The molecule has 6 nitrogen and oxygen atoms in total. The molecule has 2 unspecified atom stereocenters. The maximum absolute atomic E-state index is 13.4. The van der Waals surface area contributed by atoms with Crippen LogP contribution in [0.25, 0.3) is 5.69 Å². The van der Waals surface area contributed by atoms with Gasteiger partial charge in [-0.3, -0.25) is 9.59 Å². The molecular weight excluding hydrogens is 421 g/mol. The number of benzene rings is 2. The first kappa shape index (κ1) is 22.7. The van der Waals surface area contributed by atoms with Crippen LogP contribution in [0.1, 0.15) is 53.8 Å². The van der Waals surface area contributed by atoms with E-state index in [9.17, 15) is 14.0 Å². The fraction of sp³-hybridized carbons (Fsp3) is 0.346. The van der Waals surface area contributed by atoms with Gasteiger partial charge in [-0.25, -0.2) is 9.37 Å². The predicted octanol–water partition coefficient (Wildman–Crippen LogP) is 4.90. The highest BCUT2D eigenvalue weighted by Gasteiger charge is 2.37. The molecule has 1 saturated heterocycles. The maximum atomic E-state index is 13.4. The van der Waals surface area contributed by atoms with Crippen LogP contribution in [0, 0.1) is 18.7 Å². The second-order valence-corrected chi connectivity index (χ2v) is 8.38. The fourth-order valence-electron chi connectivity index (χ4n) is 4.57. The van der Waals surface area contributed by atoms with Gasteiger partial charge in [0.05, 0.1) is 30.9 Å². The number of piperidine rings is 1. The van der Waals surface area contributed by atoms with Crippen LogP contribution in [0.15, 0.2) is 55.0 Å². The molecule has 7 heteroatoms.